The summed E-state index contributed by atoms with van der Waals surface area (Å²) >= 11 is 0. The lowest BCUT2D eigenvalue weighted by atomic mass is 9.93. The first kappa shape index (κ1) is 14.8. The van der Waals surface area contributed by atoms with E-state index in [0.29, 0.717) is 5.92 Å². The molecule has 112 valence electrons. The van der Waals surface area contributed by atoms with Crippen LogP contribution in [0, 0.1) is 5.92 Å². The first-order chi connectivity index (χ1) is 9.45. The number of carbonyl (C=O) groups excluding carboxylic acids is 1. The van der Waals surface area contributed by atoms with Crippen molar-refractivity contribution in [3.8, 4) is 0 Å². The van der Waals surface area contributed by atoms with Gasteiger partial charge in [-0.2, -0.15) is 18.2 Å². The zero-order valence-electron chi connectivity index (χ0n) is 10.8. The highest BCUT2D eigenvalue weighted by molar-refractivity contribution is 5.88. The van der Waals surface area contributed by atoms with Crippen molar-refractivity contribution in [3.63, 3.8) is 0 Å². The second-order valence-electron chi connectivity index (χ2n) is 4.79. The molecule has 3 N–H and O–H groups in total. The summed E-state index contributed by atoms with van der Waals surface area (Å²) in [5.41, 5.74) is 0. The number of nitrogens with zero attached hydrogens (tertiary/aromatic N) is 2. The zero-order valence-corrected chi connectivity index (χ0v) is 10.8. The fourth-order valence-corrected chi connectivity index (χ4v) is 2.14. The molecule has 1 aromatic rings. The number of alkyl halides is 3. The van der Waals surface area contributed by atoms with Gasteiger partial charge in [0.15, 0.2) is 0 Å². The number of nitrogens with one attached hydrogen (secondary N) is 3. The summed E-state index contributed by atoms with van der Waals surface area (Å²) in [6, 6.07) is 0. The average Bonchev–Trinajstić information content (AvgIpc) is 2.86. The van der Waals surface area contributed by atoms with Crippen LogP contribution in [0.2, 0.25) is 0 Å². The van der Waals surface area contributed by atoms with E-state index in [1.807, 2.05) is 0 Å². The maximum atomic E-state index is 12.3. The standard InChI is InChI=1S/C11H16F3N5O/c12-11(13,14)9-17-10(19-18-9)16-8(20)2-1-7-3-5-15-6-4-7/h7,15H,1-6H2,(H2,16,17,18,19,20). The van der Waals surface area contributed by atoms with E-state index in [2.05, 4.69) is 20.7 Å². The van der Waals surface area contributed by atoms with Gasteiger partial charge >= 0.3 is 6.18 Å². The molecule has 0 saturated carbocycles. The van der Waals surface area contributed by atoms with Crippen LogP contribution in [0.15, 0.2) is 0 Å². The molecular weight excluding hydrogens is 275 g/mol. The lowest BCUT2D eigenvalue weighted by Crippen LogP contribution is -2.28. The molecular formula is C11H16F3N5O. The van der Waals surface area contributed by atoms with Crippen molar-refractivity contribution in [1.29, 1.82) is 0 Å². The Balaban J connectivity index is 1.77. The SMILES string of the molecule is O=C(CCC1CCNCC1)Nc1n[nH]c(C(F)(F)F)n1. The minimum absolute atomic E-state index is 0.264. The summed E-state index contributed by atoms with van der Waals surface area (Å²) in [5, 5.41) is 10.6. The number of anilines is 1. The van der Waals surface area contributed by atoms with Crippen LogP contribution in [0.5, 0.6) is 0 Å². The Morgan fingerprint density at radius 3 is 2.65 bits per heavy atom. The van der Waals surface area contributed by atoms with Crippen LogP contribution in [0.1, 0.15) is 31.5 Å². The number of aromatic amines is 1. The van der Waals surface area contributed by atoms with Crippen LogP contribution in [-0.4, -0.2) is 34.2 Å². The number of amides is 1. The summed E-state index contributed by atoms with van der Waals surface area (Å²) < 4.78 is 36.8. The first-order valence-electron chi connectivity index (χ1n) is 6.45. The van der Waals surface area contributed by atoms with E-state index in [1.54, 1.807) is 5.10 Å². The van der Waals surface area contributed by atoms with Crippen LogP contribution in [0.25, 0.3) is 0 Å². The number of hydrogen-bond donors (Lipinski definition) is 3. The molecule has 0 aliphatic carbocycles. The summed E-state index contributed by atoms with van der Waals surface area (Å²) in [6.45, 7) is 1.89. The molecule has 6 nitrogen and oxygen atoms in total. The van der Waals surface area contributed by atoms with Crippen molar-refractivity contribution in [2.24, 2.45) is 5.92 Å². The number of aromatic nitrogens is 3. The minimum Gasteiger partial charge on any atom is -0.317 e. The molecule has 1 saturated heterocycles. The van der Waals surface area contributed by atoms with Crippen LogP contribution in [-0.2, 0) is 11.0 Å². The van der Waals surface area contributed by atoms with Crippen LogP contribution in [0.3, 0.4) is 0 Å². The Labute approximate surface area is 113 Å². The van der Waals surface area contributed by atoms with Gasteiger partial charge in [0.2, 0.25) is 17.7 Å². The maximum Gasteiger partial charge on any atom is 0.451 e. The highest BCUT2D eigenvalue weighted by Gasteiger charge is 2.35. The van der Waals surface area contributed by atoms with Crippen molar-refractivity contribution < 1.29 is 18.0 Å². The third kappa shape index (κ3) is 4.19. The second kappa shape index (κ2) is 6.21. The molecule has 0 spiro atoms. The van der Waals surface area contributed by atoms with Crippen molar-refractivity contribution in [1.82, 2.24) is 20.5 Å². The van der Waals surface area contributed by atoms with E-state index >= 15 is 0 Å². The zero-order chi connectivity index (χ0) is 14.6. The molecule has 1 aliphatic heterocycles. The topological polar surface area (TPSA) is 82.7 Å². The molecule has 1 fully saturated rings. The molecule has 2 heterocycles. The highest BCUT2D eigenvalue weighted by atomic mass is 19.4. The van der Waals surface area contributed by atoms with Gasteiger partial charge in [-0.3, -0.25) is 15.2 Å². The number of rotatable bonds is 4. The number of H-pyrrole nitrogens is 1. The van der Waals surface area contributed by atoms with Crippen molar-refractivity contribution in [2.45, 2.75) is 31.9 Å². The maximum absolute atomic E-state index is 12.3. The second-order valence-corrected chi connectivity index (χ2v) is 4.79. The smallest absolute Gasteiger partial charge is 0.317 e. The third-order valence-electron chi connectivity index (χ3n) is 3.24. The first-order valence-corrected chi connectivity index (χ1v) is 6.45. The van der Waals surface area contributed by atoms with E-state index in [0.717, 1.165) is 32.4 Å². The van der Waals surface area contributed by atoms with E-state index in [4.69, 9.17) is 0 Å². The van der Waals surface area contributed by atoms with Crippen molar-refractivity contribution in [3.05, 3.63) is 5.82 Å². The Kier molecular flexibility index (Phi) is 4.58. The summed E-state index contributed by atoms with van der Waals surface area (Å²) in [4.78, 5) is 14.8. The van der Waals surface area contributed by atoms with E-state index < -0.39 is 12.0 Å². The molecule has 1 aliphatic rings. The molecule has 9 heteroatoms. The van der Waals surface area contributed by atoms with Gasteiger partial charge in [0, 0.05) is 6.42 Å². The summed E-state index contributed by atoms with van der Waals surface area (Å²) in [6.07, 6.45) is -1.56. The molecule has 0 unspecified atom stereocenters. The molecule has 0 atom stereocenters. The molecule has 0 aromatic carbocycles. The highest BCUT2D eigenvalue weighted by Crippen LogP contribution is 2.26. The summed E-state index contributed by atoms with van der Waals surface area (Å²) in [7, 11) is 0. The quantitative estimate of drug-likeness (QED) is 0.786. The predicted molar refractivity (Wildman–Crippen MR) is 64.8 cm³/mol. The van der Waals surface area contributed by atoms with Gasteiger partial charge in [-0.1, -0.05) is 0 Å². The number of halogens is 3. The van der Waals surface area contributed by atoms with Crippen molar-refractivity contribution in [2.75, 3.05) is 18.4 Å². The fraction of sp³-hybridized carbons (Fsp3) is 0.727. The van der Waals surface area contributed by atoms with Crippen LogP contribution >= 0.6 is 0 Å². The predicted octanol–water partition coefficient (Wildman–Crippen LogP) is 1.54. The van der Waals surface area contributed by atoms with Crippen molar-refractivity contribution >= 4 is 11.9 Å². The molecule has 0 radical (unpaired) electrons. The van der Waals surface area contributed by atoms with Gasteiger partial charge in [0.1, 0.15) is 0 Å². The Morgan fingerprint density at radius 2 is 2.05 bits per heavy atom. The van der Waals surface area contributed by atoms with Gasteiger partial charge < -0.3 is 5.32 Å². The van der Waals surface area contributed by atoms with E-state index in [9.17, 15) is 18.0 Å². The van der Waals surface area contributed by atoms with E-state index in [-0.39, 0.29) is 18.3 Å². The Hall–Kier alpha value is -1.64. The minimum atomic E-state index is -4.59. The Bertz CT molecular complexity index is 453. The monoisotopic (exact) mass is 291 g/mol. The molecule has 0 bridgehead atoms. The lowest BCUT2D eigenvalue weighted by Gasteiger charge is -2.21. The van der Waals surface area contributed by atoms with Crippen LogP contribution < -0.4 is 10.6 Å². The molecule has 2 rings (SSSR count). The van der Waals surface area contributed by atoms with Gasteiger partial charge in [-0.05, 0) is 38.3 Å². The third-order valence-corrected chi connectivity index (χ3v) is 3.24. The number of hydrogen-bond acceptors (Lipinski definition) is 4. The number of carbonyl (C=O) groups is 1. The van der Waals surface area contributed by atoms with E-state index in [1.165, 1.54) is 0 Å². The Morgan fingerprint density at radius 1 is 1.35 bits per heavy atom. The molecule has 1 amide bonds. The largest absolute Gasteiger partial charge is 0.451 e. The average molecular weight is 291 g/mol. The van der Waals surface area contributed by atoms with Gasteiger partial charge in [-0.25, -0.2) is 0 Å². The fourth-order valence-electron chi connectivity index (χ4n) is 2.14. The lowest BCUT2D eigenvalue weighted by molar-refractivity contribution is -0.144. The normalized spacial score (nSPS) is 17.1. The molecule has 20 heavy (non-hydrogen) atoms. The van der Waals surface area contributed by atoms with Crippen LogP contribution in [0.4, 0.5) is 19.1 Å². The van der Waals surface area contributed by atoms with Gasteiger partial charge in [-0.15, -0.1) is 5.10 Å². The van der Waals surface area contributed by atoms with Gasteiger partial charge in [0.25, 0.3) is 0 Å². The summed E-state index contributed by atoms with van der Waals surface area (Å²) in [5.74, 6) is -1.44. The van der Waals surface area contributed by atoms with Gasteiger partial charge in [0.05, 0.1) is 0 Å². The number of piperidine rings is 1. The molecule has 1 aromatic heterocycles.